The molecule has 0 radical (unpaired) electrons. The fourth-order valence-corrected chi connectivity index (χ4v) is 12.4. The molecule has 6 heterocycles. The van der Waals surface area contributed by atoms with E-state index in [4.69, 9.17) is 66.1 Å². The molecule has 0 aromatic carbocycles. The molecule has 23 nitrogen and oxygen atoms in total. The van der Waals surface area contributed by atoms with Gasteiger partial charge in [-0.25, -0.2) is 18.9 Å². The second-order valence-corrected chi connectivity index (χ2v) is 30.5. The van der Waals surface area contributed by atoms with E-state index in [9.17, 15) is 28.7 Å². The van der Waals surface area contributed by atoms with Crippen molar-refractivity contribution in [2.75, 3.05) is 17.2 Å². The van der Waals surface area contributed by atoms with Gasteiger partial charge in [0.1, 0.15) is 36.1 Å². The summed E-state index contributed by atoms with van der Waals surface area (Å²) in [4.78, 5) is 68.2. The number of anilines is 3. The van der Waals surface area contributed by atoms with Crippen molar-refractivity contribution in [2.45, 2.75) is 235 Å². The number of nitrogen functional groups attached to an aromatic ring is 3. The van der Waals surface area contributed by atoms with E-state index in [-0.39, 0.29) is 75.9 Å². The van der Waals surface area contributed by atoms with Crippen molar-refractivity contribution in [3.8, 4) is 0 Å². The molecule has 3 aromatic rings. The van der Waals surface area contributed by atoms with Crippen molar-refractivity contribution in [3.05, 3.63) is 68.2 Å². The van der Waals surface area contributed by atoms with E-state index in [0.717, 1.165) is 6.42 Å². The summed E-state index contributed by atoms with van der Waals surface area (Å²) in [5, 5.41) is 0. The van der Waals surface area contributed by atoms with Crippen LogP contribution in [0.4, 0.5) is 17.5 Å². The highest BCUT2D eigenvalue weighted by Gasteiger charge is 2.46. The summed E-state index contributed by atoms with van der Waals surface area (Å²) in [5.74, 6) is 0.488. The van der Waals surface area contributed by atoms with Crippen LogP contribution < -0.4 is 34.3 Å². The molecule has 0 aliphatic carbocycles. The molecule has 3 saturated heterocycles. The minimum absolute atomic E-state index is 0.0472. The molecular weight excluding hydrogens is 1060 g/mol. The highest BCUT2D eigenvalue weighted by Crippen LogP contribution is 2.53. The van der Waals surface area contributed by atoms with Crippen LogP contribution in [-0.2, 0) is 53.4 Å². The molecule has 8 N–H and O–H groups in total. The van der Waals surface area contributed by atoms with Gasteiger partial charge >= 0.3 is 31.6 Å². The third-order valence-corrected chi connectivity index (χ3v) is 14.4. The number of ether oxygens (including phenoxy) is 4. The van der Waals surface area contributed by atoms with Crippen LogP contribution in [0.15, 0.2) is 51.2 Å². The first-order chi connectivity index (χ1) is 34.7. The summed E-state index contributed by atoms with van der Waals surface area (Å²) in [6.07, 6.45) is 4.21. The smallest absolute Gasteiger partial charge is 0.383 e. The Morgan fingerprint density at radius 3 is 1.12 bits per heavy atom. The number of hydrogen-bond acceptors (Lipinski definition) is 19. The van der Waals surface area contributed by atoms with Gasteiger partial charge in [0, 0.05) is 37.9 Å². The lowest BCUT2D eigenvalue weighted by Gasteiger charge is -2.31. The Morgan fingerprint density at radius 2 is 0.831 bits per heavy atom. The van der Waals surface area contributed by atoms with E-state index >= 15 is 0 Å². The lowest BCUT2D eigenvalue weighted by Crippen LogP contribution is -2.35. The Bertz CT molecular complexity index is 2570. The maximum atomic E-state index is 12.4. The highest BCUT2D eigenvalue weighted by atomic mass is 32.5. The predicted octanol–water partition coefficient (Wildman–Crippen LogP) is 8.55. The van der Waals surface area contributed by atoms with Gasteiger partial charge in [-0.1, -0.05) is 62.3 Å². The van der Waals surface area contributed by atoms with Crippen LogP contribution in [0.5, 0.6) is 0 Å². The normalized spacial score (nSPS) is 26.0. The second kappa shape index (κ2) is 25.1. The first-order valence-corrected chi connectivity index (χ1v) is 30.0. The monoisotopic (exact) mass is 1150 g/mol. The molecular formula is C51H89N9O14P2S. The van der Waals surface area contributed by atoms with E-state index in [1.807, 2.05) is 41.5 Å². The van der Waals surface area contributed by atoms with Crippen LogP contribution in [0.25, 0.3) is 0 Å². The zero-order valence-electron chi connectivity index (χ0n) is 48.4. The van der Waals surface area contributed by atoms with Crippen LogP contribution in [0, 0.1) is 16.2 Å². The van der Waals surface area contributed by atoms with Gasteiger partial charge in [0.25, 0.3) is 0 Å². The summed E-state index contributed by atoms with van der Waals surface area (Å²) < 4.78 is 63.0. The molecule has 3 aromatic heterocycles. The van der Waals surface area contributed by atoms with E-state index < -0.39 is 67.9 Å². The largest absolute Gasteiger partial charge is 0.473 e. The molecule has 2 unspecified atom stereocenters. The van der Waals surface area contributed by atoms with Gasteiger partial charge in [-0.15, -0.1) is 0 Å². The molecule has 11 atom stereocenters. The average molecular weight is 1150 g/mol. The van der Waals surface area contributed by atoms with Gasteiger partial charge in [-0.05, 0) is 128 Å². The molecule has 3 aliphatic rings. The summed E-state index contributed by atoms with van der Waals surface area (Å²) in [6.45, 7) is 31.9. The molecule has 77 heavy (non-hydrogen) atoms. The summed E-state index contributed by atoms with van der Waals surface area (Å²) in [6, 6.07) is 4.65. The molecule has 6 rings (SSSR count). The lowest BCUT2D eigenvalue weighted by atomic mass is 9.87. The standard InChI is InChI=1S/C17H30N3O6P.C17H30N3O5PS.C17H29N3O3/c1-16(2,3)10-12-11(25-27(22,23)26-17(4,5)6)9-14(24-12)20-8-7-13(18)19-15(20)21;1-16(2,3)10-12-11(24-26(22,27)25-17(4,5)6)9-14(23-12)20-8-7-13(18)19-15(20)21;1-16(2,3)10-12-11(23-17(4,5)6)9-14(22-12)20-8-7-13(18)19-15(20)21/h7-8,11-12,14H,9-10H2,1-6H3,(H,22,23)(H2,18,19,21);7-8,11-12,14H,9-10H2,1-6H3,(H,22,27)(H2,18,19,21);7-8,11-12,14H,9-10H2,1-6H3,(H2,18,19,21)/t11-,12-,14-;11-,12-,14-,26?;11-,12-,14-/m111/s1. The van der Waals surface area contributed by atoms with Crippen molar-refractivity contribution in [2.24, 2.45) is 16.2 Å². The van der Waals surface area contributed by atoms with Gasteiger partial charge < -0.3 is 55.0 Å². The van der Waals surface area contributed by atoms with Crippen molar-refractivity contribution >= 4 is 43.8 Å². The third kappa shape index (κ3) is 22.9. The zero-order valence-corrected chi connectivity index (χ0v) is 51.0. The first-order valence-electron chi connectivity index (χ1n) is 25.9. The van der Waals surface area contributed by atoms with E-state index in [0.29, 0.717) is 25.7 Å². The number of nitrogens with two attached hydrogens (primary N) is 3. The fourth-order valence-electron chi connectivity index (χ4n) is 8.79. The minimum Gasteiger partial charge on any atom is -0.383 e. The molecule has 0 saturated carbocycles. The number of phosphoric acid groups is 1. The van der Waals surface area contributed by atoms with Gasteiger partial charge in [-0.3, -0.25) is 22.7 Å². The molecule has 0 spiro atoms. The molecule has 438 valence electrons. The summed E-state index contributed by atoms with van der Waals surface area (Å²) in [5.41, 5.74) is 13.4. The molecule has 0 bridgehead atoms. The van der Waals surface area contributed by atoms with Crippen LogP contribution in [0.2, 0.25) is 0 Å². The number of aromatic nitrogens is 6. The average Bonchev–Trinajstić information content (AvgIpc) is 3.86. The predicted molar refractivity (Wildman–Crippen MR) is 299 cm³/mol. The molecule has 26 heteroatoms. The Hall–Kier alpha value is -3.48. The number of nitrogens with zero attached hydrogens (tertiary/aromatic N) is 6. The number of hydrogen-bond donors (Lipinski definition) is 5. The summed E-state index contributed by atoms with van der Waals surface area (Å²) in [7, 11) is -4.31. The lowest BCUT2D eigenvalue weighted by molar-refractivity contribution is -0.102. The van der Waals surface area contributed by atoms with Gasteiger partial charge in [0.05, 0.1) is 53.4 Å². The van der Waals surface area contributed by atoms with Gasteiger partial charge in [-0.2, -0.15) is 15.0 Å². The van der Waals surface area contributed by atoms with Gasteiger partial charge in [0.2, 0.25) is 0 Å². The van der Waals surface area contributed by atoms with E-state index in [1.54, 1.807) is 60.0 Å². The van der Waals surface area contributed by atoms with Crippen LogP contribution in [0.3, 0.4) is 0 Å². The number of rotatable bonds is 13. The Morgan fingerprint density at radius 1 is 0.532 bits per heavy atom. The Balaban J connectivity index is 0.000000250. The van der Waals surface area contributed by atoms with Crippen molar-refractivity contribution in [1.82, 2.24) is 28.7 Å². The minimum atomic E-state index is -4.31. The van der Waals surface area contributed by atoms with Crippen molar-refractivity contribution in [3.63, 3.8) is 0 Å². The third-order valence-electron chi connectivity index (χ3n) is 11.3. The SMILES string of the molecule is CC(C)(C)C[C@H]1O[C@@H](n2ccc(N)nc2=O)C[C@H]1OC(C)(C)C.CC(C)(C)C[C@H]1O[C@@H](n2ccc(N)nc2=O)C[C@H]1OP(=O)(O)OC(C)(C)C.CC(C)(C)C[C@H]1O[C@@H](n2ccc(N)nc2=O)C[C@H]1OP(O)(=S)OC(C)(C)C. The van der Waals surface area contributed by atoms with Crippen molar-refractivity contribution < 1.29 is 51.4 Å². The quantitative estimate of drug-likeness (QED) is 0.100. The Labute approximate surface area is 459 Å². The maximum Gasteiger partial charge on any atom is 0.473 e. The molecule has 3 aliphatic heterocycles. The van der Waals surface area contributed by atoms with Crippen molar-refractivity contribution in [1.29, 1.82) is 0 Å². The topological polar surface area (TPSA) is 314 Å². The van der Waals surface area contributed by atoms with E-state index in [1.165, 1.54) is 32.0 Å². The summed E-state index contributed by atoms with van der Waals surface area (Å²) >= 11 is 5.19. The second-order valence-electron chi connectivity index (χ2n) is 26.4. The maximum absolute atomic E-state index is 12.4. The highest BCUT2D eigenvalue weighted by molar-refractivity contribution is 8.07. The van der Waals surface area contributed by atoms with Crippen LogP contribution in [0.1, 0.15) is 182 Å². The van der Waals surface area contributed by atoms with Gasteiger partial charge in [0.15, 0.2) is 0 Å². The first kappa shape index (κ1) is 66.0. The molecule has 3 fully saturated rings. The van der Waals surface area contributed by atoms with Crippen LogP contribution in [-0.4, -0.2) is 91.9 Å². The van der Waals surface area contributed by atoms with Crippen LogP contribution >= 0.6 is 14.5 Å². The number of phosphoric ester groups is 1. The Kier molecular flexibility index (Phi) is 21.5. The molecule has 0 amide bonds. The fraction of sp³-hybridized carbons (Fsp3) is 0.765. The van der Waals surface area contributed by atoms with E-state index in [2.05, 4.69) is 56.5 Å². The zero-order chi connectivity index (χ0) is 58.7.